The van der Waals surface area contributed by atoms with Gasteiger partial charge in [-0.25, -0.2) is 4.98 Å². The van der Waals surface area contributed by atoms with Crippen molar-refractivity contribution in [3.8, 4) is 5.75 Å². The summed E-state index contributed by atoms with van der Waals surface area (Å²) in [6.07, 6.45) is 0. The van der Waals surface area contributed by atoms with Crippen LogP contribution in [0.5, 0.6) is 5.75 Å². The van der Waals surface area contributed by atoms with Crippen molar-refractivity contribution in [2.75, 3.05) is 43.0 Å². The van der Waals surface area contributed by atoms with E-state index in [1.807, 2.05) is 48.8 Å². The topological polar surface area (TPSA) is 90.9 Å². The van der Waals surface area contributed by atoms with Gasteiger partial charge in [0, 0.05) is 44.7 Å². The van der Waals surface area contributed by atoms with Gasteiger partial charge in [-0.2, -0.15) is 4.98 Å². The van der Waals surface area contributed by atoms with Gasteiger partial charge in [-0.05, 0) is 45.4 Å². The third-order valence-electron chi connectivity index (χ3n) is 6.44. The lowest BCUT2D eigenvalue weighted by Gasteiger charge is -2.34. The van der Waals surface area contributed by atoms with Crippen molar-refractivity contribution in [3.05, 3.63) is 41.1 Å². The Morgan fingerprint density at radius 3 is 2.53 bits per heavy atom. The smallest absolute Gasteiger partial charge is 0.273 e. The van der Waals surface area contributed by atoms with Gasteiger partial charge in [0.15, 0.2) is 0 Å². The molecule has 2 aromatic rings. The van der Waals surface area contributed by atoms with Crippen LogP contribution in [0.4, 0.5) is 11.8 Å². The summed E-state index contributed by atoms with van der Waals surface area (Å²) in [5.41, 5.74) is 2.36. The molecule has 1 aromatic carbocycles. The summed E-state index contributed by atoms with van der Waals surface area (Å²) < 4.78 is 5.66. The Bertz CT molecular complexity index is 1060. The first-order chi connectivity index (χ1) is 16.3. The maximum absolute atomic E-state index is 13.2. The fourth-order valence-corrected chi connectivity index (χ4v) is 4.40. The first kappa shape index (κ1) is 23.8. The number of fused-ring (bicyclic) bond motifs is 1. The summed E-state index contributed by atoms with van der Waals surface area (Å²) in [7, 11) is 0. The minimum atomic E-state index is -0.0648. The van der Waals surface area contributed by atoms with E-state index >= 15 is 0 Å². The molecule has 1 N–H and O–H groups in total. The minimum Gasteiger partial charge on any atom is -0.494 e. The van der Waals surface area contributed by atoms with Gasteiger partial charge >= 0.3 is 0 Å². The molecule has 1 atom stereocenters. The molecule has 0 saturated carbocycles. The highest BCUT2D eigenvalue weighted by molar-refractivity contribution is 5.98. The molecule has 182 valence electrons. The standard InChI is InChI=1S/C25H34N6O3/c1-6-34-20-9-7-8-19(14-20)17(4)26-23-21-15-31(16(2)3)24(33)22(21)27-25(28-23)30-12-10-29(11-13-30)18(5)32/h7-9,14,16-17H,6,10-13,15H2,1-5H3,(H,26,27,28). The monoisotopic (exact) mass is 466 g/mol. The number of anilines is 2. The van der Waals surface area contributed by atoms with Gasteiger partial charge in [0.1, 0.15) is 17.3 Å². The largest absolute Gasteiger partial charge is 0.494 e. The van der Waals surface area contributed by atoms with Gasteiger partial charge in [0.05, 0.1) is 19.2 Å². The Kier molecular flexibility index (Phi) is 6.90. The lowest BCUT2D eigenvalue weighted by molar-refractivity contribution is -0.129. The number of rotatable bonds is 7. The molecule has 9 nitrogen and oxygen atoms in total. The Hall–Kier alpha value is -3.36. The molecular weight excluding hydrogens is 432 g/mol. The van der Waals surface area contributed by atoms with Crippen LogP contribution in [0.25, 0.3) is 0 Å². The van der Waals surface area contributed by atoms with E-state index in [9.17, 15) is 9.59 Å². The highest BCUT2D eigenvalue weighted by atomic mass is 16.5. The number of nitrogens with zero attached hydrogens (tertiary/aromatic N) is 5. The molecule has 1 aromatic heterocycles. The van der Waals surface area contributed by atoms with E-state index in [-0.39, 0.29) is 23.9 Å². The molecule has 4 rings (SSSR count). The van der Waals surface area contributed by atoms with Crippen molar-refractivity contribution in [2.45, 2.75) is 53.2 Å². The molecule has 1 saturated heterocycles. The van der Waals surface area contributed by atoms with Crippen LogP contribution >= 0.6 is 0 Å². The molecular formula is C25H34N6O3. The Labute approximate surface area is 201 Å². The molecule has 1 fully saturated rings. The average Bonchev–Trinajstić information content (AvgIpc) is 3.16. The molecule has 2 aliphatic heterocycles. The molecule has 3 heterocycles. The number of carbonyl (C=O) groups is 2. The fourth-order valence-electron chi connectivity index (χ4n) is 4.40. The number of aromatic nitrogens is 2. The molecule has 0 spiro atoms. The summed E-state index contributed by atoms with van der Waals surface area (Å²) in [4.78, 5) is 40.2. The highest BCUT2D eigenvalue weighted by Gasteiger charge is 2.35. The maximum Gasteiger partial charge on any atom is 0.273 e. The fraction of sp³-hybridized carbons (Fsp3) is 0.520. The second-order valence-electron chi connectivity index (χ2n) is 9.09. The lowest BCUT2D eigenvalue weighted by Crippen LogP contribution is -2.48. The molecule has 0 bridgehead atoms. The summed E-state index contributed by atoms with van der Waals surface area (Å²) in [5, 5.41) is 3.54. The average molecular weight is 467 g/mol. The predicted octanol–water partition coefficient (Wildman–Crippen LogP) is 3.08. The highest BCUT2D eigenvalue weighted by Crippen LogP contribution is 2.33. The predicted molar refractivity (Wildman–Crippen MR) is 131 cm³/mol. The first-order valence-electron chi connectivity index (χ1n) is 12.0. The second kappa shape index (κ2) is 9.87. The van der Waals surface area contributed by atoms with E-state index in [0.29, 0.717) is 56.8 Å². The summed E-state index contributed by atoms with van der Waals surface area (Å²) >= 11 is 0. The quantitative estimate of drug-likeness (QED) is 0.671. The lowest BCUT2D eigenvalue weighted by atomic mass is 10.1. The zero-order chi connectivity index (χ0) is 24.4. The zero-order valence-corrected chi connectivity index (χ0v) is 20.7. The van der Waals surface area contributed by atoms with E-state index in [1.54, 1.807) is 6.92 Å². The third kappa shape index (κ3) is 4.78. The van der Waals surface area contributed by atoms with Crippen LogP contribution in [0, 0.1) is 0 Å². The van der Waals surface area contributed by atoms with Gasteiger partial charge in [0.25, 0.3) is 5.91 Å². The number of nitrogens with one attached hydrogen (secondary N) is 1. The van der Waals surface area contributed by atoms with Crippen molar-refractivity contribution in [1.82, 2.24) is 19.8 Å². The van der Waals surface area contributed by atoms with E-state index in [1.165, 1.54) is 0 Å². The number of piperazine rings is 1. The van der Waals surface area contributed by atoms with Crippen LogP contribution in [0.2, 0.25) is 0 Å². The maximum atomic E-state index is 13.2. The van der Waals surface area contributed by atoms with Crippen LogP contribution in [-0.4, -0.2) is 70.4 Å². The SMILES string of the molecule is CCOc1cccc(C(C)Nc2nc(N3CCN(C(C)=O)CC3)nc3c2CN(C(C)C)C3=O)c1. The zero-order valence-electron chi connectivity index (χ0n) is 20.7. The minimum absolute atomic E-state index is 0.0509. The molecule has 9 heteroatoms. The Morgan fingerprint density at radius 1 is 1.15 bits per heavy atom. The first-order valence-corrected chi connectivity index (χ1v) is 12.0. The summed E-state index contributed by atoms with van der Waals surface area (Å²) in [6.45, 7) is 13.2. The number of benzene rings is 1. The number of hydrogen-bond acceptors (Lipinski definition) is 7. The van der Waals surface area contributed by atoms with Crippen LogP contribution in [0.3, 0.4) is 0 Å². The Balaban J connectivity index is 1.65. The van der Waals surface area contributed by atoms with E-state index in [2.05, 4.69) is 23.2 Å². The van der Waals surface area contributed by atoms with Crippen molar-refractivity contribution in [3.63, 3.8) is 0 Å². The van der Waals surface area contributed by atoms with Crippen LogP contribution in [0.15, 0.2) is 24.3 Å². The van der Waals surface area contributed by atoms with E-state index in [4.69, 9.17) is 14.7 Å². The van der Waals surface area contributed by atoms with Crippen molar-refractivity contribution in [2.24, 2.45) is 0 Å². The number of carbonyl (C=O) groups excluding carboxylic acids is 2. The van der Waals surface area contributed by atoms with Crippen molar-refractivity contribution >= 4 is 23.6 Å². The normalized spacial score (nSPS) is 16.6. The molecule has 2 amide bonds. The van der Waals surface area contributed by atoms with Gasteiger partial charge in [0.2, 0.25) is 11.9 Å². The van der Waals surface area contributed by atoms with Crippen LogP contribution in [-0.2, 0) is 11.3 Å². The summed E-state index contributed by atoms with van der Waals surface area (Å²) in [6, 6.07) is 8.01. The number of amides is 2. The van der Waals surface area contributed by atoms with Gasteiger partial charge in [-0.3, -0.25) is 9.59 Å². The van der Waals surface area contributed by atoms with Crippen LogP contribution < -0.4 is 15.0 Å². The van der Waals surface area contributed by atoms with E-state index in [0.717, 1.165) is 16.9 Å². The number of ether oxygens (including phenoxy) is 1. The molecule has 0 radical (unpaired) electrons. The molecule has 34 heavy (non-hydrogen) atoms. The Morgan fingerprint density at radius 2 is 1.88 bits per heavy atom. The third-order valence-corrected chi connectivity index (χ3v) is 6.44. The molecule has 0 aliphatic carbocycles. The molecule has 1 unspecified atom stereocenters. The van der Waals surface area contributed by atoms with E-state index < -0.39 is 0 Å². The van der Waals surface area contributed by atoms with Gasteiger partial charge < -0.3 is 24.8 Å². The molecule has 2 aliphatic rings. The van der Waals surface area contributed by atoms with Gasteiger partial charge in [-0.1, -0.05) is 12.1 Å². The summed E-state index contributed by atoms with van der Waals surface area (Å²) in [5.74, 6) is 2.04. The second-order valence-corrected chi connectivity index (χ2v) is 9.09. The van der Waals surface area contributed by atoms with Crippen LogP contribution in [0.1, 0.15) is 62.3 Å². The van der Waals surface area contributed by atoms with Crippen molar-refractivity contribution in [1.29, 1.82) is 0 Å². The number of hydrogen-bond donors (Lipinski definition) is 1. The van der Waals surface area contributed by atoms with Gasteiger partial charge in [-0.15, -0.1) is 0 Å². The van der Waals surface area contributed by atoms with Crippen molar-refractivity contribution < 1.29 is 14.3 Å².